The van der Waals surface area contributed by atoms with Gasteiger partial charge in [0, 0.05) is 26.6 Å². The van der Waals surface area contributed by atoms with Gasteiger partial charge < -0.3 is 9.80 Å². The maximum atomic E-state index is 12.5. The number of likely N-dealkylation sites (tertiary alicyclic amines) is 1. The molecule has 0 saturated carbocycles. The summed E-state index contributed by atoms with van der Waals surface area (Å²) >= 11 is 0. The Bertz CT molecular complexity index is 686. The maximum Gasteiger partial charge on any atom is 0.228 e. The molecule has 1 N–H and O–H groups in total. The molecule has 7 nitrogen and oxygen atoms in total. The van der Waals surface area contributed by atoms with Gasteiger partial charge in [0.05, 0.1) is 12.5 Å². The highest BCUT2D eigenvalue weighted by Gasteiger charge is 2.35. The maximum absolute atomic E-state index is 12.5. The van der Waals surface area contributed by atoms with Gasteiger partial charge in [-0.05, 0) is 12.0 Å². The van der Waals surface area contributed by atoms with Gasteiger partial charge in [-0.1, -0.05) is 30.3 Å². The molecule has 2 aromatic rings. The molecule has 0 radical (unpaired) electrons. The number of nitrogens with zero attached hydrogens (tertiary/aromatic N) is 4. The molecule has 1 unspecified atom stereocenters. The molecular formula is C17H21N5O2. The average Bonchev–Trinajstić information content (AvgIpc) is 3.23. The second-order valence-corrected chi connectivity index (χ2v) is 6.10. The lowest BCUT2D eigenvalue weighted by atomic mass is 10.1. The highest BCUT2D eigenvalue weighted by atomic mass is 16.2. The molecule has 0 bridgehead atoms. The fourth-order valence-electron chi connectivity index (χ4n) is 2.98. The first-order chi connectivity index (χ1) is 11.6. The lowest BCUT2D eigenvalue weighted by molar-refractivity contribution is -0.135. The van der Waals surface area contributed by atoms with E-state index in [1.165, 1.54) is 11.9 Å². The zero-order valence-electron chi connectivity index (χ0n) is 13.7. The number of hydrogen-bond donors (Lipinski definition) is 1. The topological polar surface area (TPSA) is 82.2 Å². The number of rotatable bonds is 6. The Morgan fingerprint density at radius 2 is 2.17 bits per heavy atom. The summed E-state index contributed by atoms with van der Waals surface area (Å²) in [5.74, 6) is 0.386. The first kappa shape index (κ1) is 16.2. The van der Waals surface area contributed by atoms with E-state index < -0.39 is 0 Å². The Labute approximate surface area is 140 Å². The van der Waals surface area contributed by atoms with Crippen LogP contribution in [-0.4, -0.2) is 56.9 Å². The van der Waals surface area contributed by atoms with Crippen LogP contribution in [0.2, 0.25) is 0 Å². The van der Waals surface area contributed by atoms with E-state index in [-0.39, 0.29) is 24.2 Å². The second-order valence-electron chi connectivity index (χ2n) is 6.10. The summed E-state index contributed by atoms with van der Waals surface area (Å²) in [5, 5.41) is 6.51. The van der Waals surface area contributed by atoms with Gasteiger partial charge in [0.1, 0.15) is 12.2 Å². The molecule has 24 heavy (non-hydrogen) atoms. The molecule has 1 atom stereocenters. The van der Waals surface area contributed by atoms with Gasteiger partial charge in [0.2, 0.25) is 11.8 Å². The Hall–Kier alpha value is -2.70. The van der Waals surface area contributed by atoms with Crippen molar-refractivity contribution in [1.82, 2.24) is 25.0 Å². The van der Waals surface area contributed by atoms with E-state index in [2.05, 4.69) is 15.2 Å². The summed E-state index contributed by atoms with van der Waals surface area (Å²) in [7, 11) is 1.72. The van der Waals surface area contributed by atoms with Crippen LogP contribution in [0, 0.1) is 5.92 Å². The van der Waals surface area contributed by atoms with Crippen molar-refractivity contribution in [2.75, 3.05) is 20.1 Å². The summed E-state index contributed by atoms with van der Waals surface area (Å²) in [6, 6.07) is 10.1. The molecule has 0 aliphatic carbocycles. The molecule has 2 amide bonds. The number of amides is 2. The number of nitrogens with one attached hydrogen (secondary N) is 1. The predicted octanol–water partition coefficient (Wildman–Crippen LogP) is 0.854. The van der Waals surface area contributed by atoms with Crippen molar-refractivity contribution in [2.45, 2.75) is 19.4 Å². The lowest BCUT2D eigenvalue weighted by Gasteiger charge is -2.20. The predicted molar refractivity (Wildman–Crippen MR) is 87.7 cm³/mol. The van der Waals surface area contributed by atoms with Gasteiger partial charge >= 0.3 is 0 Å². The highest BCUT2D eigenvalue weighted by Crippen LogP contribution is 2.20. The zero-order chi connectivity index (χ0) is 16.9. The number of aromatic amines is 1. The fraction of sp³-hybridized carbons (Fsp3) is 0.412. The van der Waals surface area contributed by atoms with Crippen LogP contribution < -0.4 is 0 Å². The van der Waals surface area contributed by atoms with Crippen molar-refractivity contribution in [1.29, 1.82) is 0 Å². The van der Waals surface area contributed by atoms with Crippen molar-refractivity contribution in [3.8, 4) is 0 Å². The number of carbonyl (C=O) groups is 2. The summed E-state index contributed by atoms with van der Waals surface area (Å²) in [5.41, 5.74) is 1.20. The standard InChI is InChI=1S/C17H21N5O2/c1-21(11-15-18-12-19-20-15)17(24)14-9-16(23)22(10-14)8-7-13-5-3-2-4-6-13/h2-6,12,14H,7-11H2,1H3,(H,18,19,20). The van der Waals surface area contributed by atoms with E-state index in [0.29, 0.717) is 25.5 Å². The van der Waals surface area contributed by atoms with E-state index in [4.69, 9.17) is 0 Å². The highest BCUT2D eigenvalue weighted by molar-refractivity contribution is 5.89. The third-order valence-corrected chi connectivity index (χ3v) is 4.31. The van der Waals surface area contributed by atoms with Gasteiger partial charge in [-0.25, -0.2) is 4.98 Å². The molecule has 7 heteroatoms. The minimum Gasteiger partial charge on any atom is -0.342 e. The number of benzene rings is 1. The molecule has 3 rings (SSSR count). The summed E-state index contributed by atoms with van der Waals surface area (Å²) in [6.45, 7) is 1.51. The van der Waals surface area contributed by atoms with Crippen molar-refractivity contribution in [2.24, 2.45) is 5.92 Å². The van der Waals surface area contributed by atoms with Gasteiger partial charge in [0.15, 0.2) is 0 Å². The molecule has 1 fully saturated rings. The van der Waals surface area contributed by atoms with Crippen LogP contribution in [0.3, 0.4) is 0 Å². The Morgan fingerprint density at radius 1 is 1.38 bits per heavy atom. The number of aromatic nitrogens is 3. The van der Waals surface area contributed by atoms with Gasteiger partial charge in [-0.2, -0.15) is 5.10 Å². The van der Waals surface area contributed by atoms with Gasteiger partial charge in [0.25, 0.3) is 0 Å². The molecule has 1 aromatic carbocycles. The molecule has 1 aliphatic heterocycles. The van der Waals surface area contributed by atoms with Crippen molar-refractivity contribution >= 4 is 11.8 Å². The monoisotopic (exact) mass is 327 g/mol. The minimum atomic E-state index is -0.277. The van der Waals surface area contributed by atoms with Gasteiger partial charge in [-0.15, -0.1) is 0 Å². The molecular weight excluding hydrogens is 306 g/mol. The smallest absolute Gasteiger partial charge is 0.228 e. The third kappa shape index (κ3) is 3.79. The Balaban J connectivity index is 1.52. The third-order valence-electron chi connectivity index (χ3n) is 4.31. The first-order valence-electron chi connectivity index (χ1n) is 8.04. The molecule has 1 aromatic heterocycles. The lowest BCUT2D eigenvalue weighted by Crippen LogP contribution is -2.35. The second kappa shape index (κ2) is 7.25. The van der Waals surface area contributed by atoms with Crippen molar-refractivity contribution in [3.05, 3.63) is 48.0 Å². The van der Waals surface area contributed by atoms with Crippen LogP contribution >= 0.6 is 0 Å². The van der Waals surface area contributed by atoms with E-state index in [1.54, 1.807) is 16.8 Å². The van der Waals surface area contributed by atoms with Crippen LogP contribution in [-0.2, 0) is 22.6 Å². The van der Waals surface area contributed by atoms with Crippen LogP contribution in [0.5, 0.6) is 0 Å². The molecule has 1 saturated heterocycles. The van der Waals surface area contributed by atoms with Crippen LogP contribution in [0.15, 0.2) is 36.7 Å². The summed E-state index contributed by atoms with van der Waals surface area (Å²) in [4.78, 5) is 32.1. The summed E-state index contributed by atoms with van der Waals surface area (Å²) in [6.07, 6.45) is 2.51. The average molecular weight is 327 g/mol. The fourth-order valence-corrected chi connectivity index (χ4v) is 2.98. The minimum absolute atomic E-state index is 0.0260. The molecule has 0 spiro atoms. The van der Waals surface area contributed by atoms with E-state index in [9.17, 15) is 9.59 Å². The number of carbonyl (C=O) groups excluding carboxylic acids is 2. The molecule has 126 valence electrons. The van der Waals surface area contributed by atoms with E-state index in [0.717, 1.165) is 6.42 Å². The first-order valence-corrected chi connectivity index (χ1v) is 8.04. The largest absolute Gasteiger partial charge is 0.342 e. The van der Waals surface area contributed by atoms with Crippen molar-refractivity contribution < 1.29 is 9.59 Å². The quantitative estimate of drug-likeness (QED) is 0.853. The number of hydrogen-bond acceptors (Lipinski definition) is 4. The van der Waals surface area contributed by atoms with Crippen LogP contribution in [0.25, 0.3) is 0 Å². The van der Waals surface area contributed by atoms with Crippen LogP contribution in [0.1, 0.15) is 17.8 Å². The van der Waals surface area contributed by atoms with Gasteiger partial charge in [-0.3, -0.25) is 14.7 Å². The van der Waals surface area contributed by atoms with E-state index >= 15 is 0 Å². The Morgan fingerprint density at radius 3 is 2.88 bits per heavy atom. The Kier molecular flexibility index (Phi) is 4.88. The SMILES string of the molecule is CN(Cc1ncn[nH]1)C(=O)C1CC(=O)N(CCc2ccccc2)C1. The van der Waals surface area contributed by atoms with Crippen LogP contribution in [0.4, 0.5) is 0 Å². The summed E-state index contributed by atoms with van der Waals surface area (Å²) < 4.78 is 0. The van der Waals surface area contributed by atoms with Crippen molar-refractivity contribution in [3.63, 3.8) is 0 Å². The molecule has 2 heterocycles. The number of H-pyrrole nitrogens is 1. The normalized spacial score (nSPS) is 17.3. The van der Waals surface area contributed by atoms with E-state index in [1.807, 2.05) is 30.3 Å². The molecule has 1 aliphatic rings. The zero-order valence-corrected chi connectivity index (χ0v) is 13.7.